The minimum Gasteiger partial charge on any atom is -0.454 e. The lowest BCUT2D eigenvalue weighted by molar-refractivity contribution is 0.419. The number of ether oxygens (including phenoxy) is 2. The van der Waals surface area contributed by atoms with E-state index < -0.39 is 17.5 Å². The summed E-state index contributed by atoms with van der Waals surface area (Å²) >= 11 is 0. The number of halogens is 3. The molecule has 4 nitrogen and oxygen atoms in total. The van der Waals surface area contributed by atoms with Gasteiger partial charge in [0, 0.05) is 12.1 Å². The minimum atomic E-state index is -0.821. The monoisotopic (exact) mass is 318 g/mol. The molecule has 0 bridgehead atoms. The van der Waals surface area contributed by atoms with Crippen LogP contribution in [0, 0.1) is 17.5 Å². The molecule has 1 heterocycles. The molecule has 0 spiro atoms. The summed E-state index contributed by atoms with van der Waals surface area (Å²) in [4.78, 5) is 7.32. The summed E-state index contributed by atoms with van der Waals surface area (Å²) in [5.74, 6) is -1.63. The molecule has 0 aliphatic rings. The van der Waals surface area contributed by atoms with Crippen molar-refractivity contribution in [3.8, 4) is 23.3 Å². The zero-order valence-electron chi connectivity index (χ0n) is 11.5. The van der Waals surface area contributed by atoms with Crippen LogP contribution in [-0.2, 0) is 0 Å². The van der Waals surface area contributed by atoms with Gasteiger partial charge in [-0.2, -0.15) is 0 Å². The highest BCUT2D eigenvalue weighted by molar-refractivity contribution is 5.38. The fourth-order valence-electron chi connectivity index (χ4n) is 1.74. The third kappa shape index (κ3) is 3.76. The van der Waals surface area contributed by atoms with Crippen LogP contribution in [0.1, 0.15) is 0 Å². The normalized spacial score (nSPS) is 10.4. The van der Waals surface area contributed by atoms with Gasteiger partial charge < -0.3 is 9.47 Å². The molecule has 0 saturated carbocycles. The van der Waals surface area contributed by atoms with Gasteiger partial charge in [0.2, 0.25) is 0 Å². The highest BCUT2D eigenvalue weighted by Crippen LogP contribution is 2.28. The predicted octanol–water partition coefficient (Wildman–Crippen LogP) is 4.48. The van der Waals surface area contributed by atoms with E-state index in [-0.39, 0.29) is 17.5 Å². The van der Waals surface area contributed by atoms with E-state index in [4.69, 9.17) is 9.47 Å². The van der Waals surface area contributed by atoms with E-state index in [0.717, 1.165) is 24.5 Å². The van der Waals surface area contributed by atoms with Crippen molar-refractivity contribution in [2.75, 3.05) is 0 Å². The van der Waals surface area contributed by atoms with Crippen LogP contribution in [-0.4, -0.2) is 9.97 Å². The molecule has 3 rings (SSSR count). The molecule has 3 aromatic rings. The van der Waals surface area contributed by atoms with Gasteiger partial charge >= 0.3 is 6.01 Å². The van der Waals surface area contributed by atoms with E-state index >= 15 is 0 Å². The summed E-state index contributed by atoms with van der Waals surface area (Å²) in [5, 5.41) is 0. The quantitative estimate of drug-likeness (QED) is 0.711. The van der Waals surface area contributed by atoms with Gasteiger partial charge in [0.1, 0.15) is 17.3 Å². The highest BCUT2D eigenvalue weighted by Gasteiger charge is 2.08. The second kappa shape index (κ2) is 6.35. The molecule has 0 aliphatic carbocycles. The summed E-state index contributed by atoms with van der Waals surface area (Å²) in [6.07, 6.45) is 1.94. The molecule has 2 aromatic carbocycles. The first kappa shape index (κ1) is 14.8. The van der Waals surface area contributed by atoms with Gasteiger partial charge in [0.15, 0.2) is 17.4 Å². The summed E-state index contributed by atoms with van der Waals surface area (Å²) in [6, 6.07) is 9.19. The van der Waals surface area contributed by atoms with E-state index in [2.05, 4.69) is 9.97 Å². The van der Waals surface area contributed by atoms with Gasteiger partial charge in [-0.05, 0) is 24.3 Å². The summed E-state index contributed by atoms with van der Waals surface area (Å²) < 4.78 is 49.8. The van der Waals surface area contributed by atoms with Crippen molar-refractivity contribution in [1.82, 2.24) is 9.97 Å². The van der Waals surface area contributed by atoms with Crippen LogP contribution < -0.4 is 9.47 Å². The SMILES string of the molecule is Fc1cnc(Oc2cccc(Oc3ccc(F)cc3F)c2)nc1. The van der Waals surface area contributed by atoms with E-state index in [0.29, 0.717) is 5.75 Å². The predicted molar refractivity (Wildman–Crippen MR) is 74.9 cm³/mol. The molecule has 1 aromatic heterocycles. The Hall–Kier alpha value is -3.09. The molecule has 0 radical (unpaired) electrons. The lowest BCUT2D eigenvalue weighted by Gasteiger charge is -2.08. The van der Waals surface area contributed by atoms with Crippen molar-refractivity contribution in [3.05, 3.63) is 72.3 Å². The smallest absolute Gasteiger partial charge is 0.322 e. The maximum absolute atomic E-state index is 13.6. The second-order valence-electron chi connectivity index (χ2n) is 4.44. The molecule has 0 atom stereocenters. The van der Waals surface area contributed by atoms with Crippen LogP contribution in [0.4, 0.5) is 13.2 Å². The molecule has 0 saturated heterocycles. The summed E-state index contributed by atoms with van der Waals surface area (Å²) in [6.45, 7) is 0. The number of hydrogen-bond acceptors (Lipinski definition) is 4. The first-order chi connectivity index (χ1) is 11.1. The van der Waals surface area contributed by atoms with Crippen molar-refractivity contribution in [1.29, 1.82) is 0 Å². The zero-order chi connectivity index (χ0) is 16.2. The maximum Gasteiger partial charge on any atom is 0.322 e. The Morgan fingerprint density at radius 3 is 2.13 bits per heavy atom. The number of nitrogens with zero attached hydrogens (tertiary/aromatic N) is 2. The first-order valence-corrected chi connectivity index (χ1v) is 6.48. The Morgan fingerprint density at radius 2 is 1.43 bits per heavy atom. The van der Waals surface area contributed by atoms with Gasteiger partial charge in [-0.25, -0.2) is 23.1 Å². The molecule has 7 heteroatoms. The Bertz CT molecular complexity index is 826. The van der Waals surface area contributed by atoms with Crippen molar-refractivity contribution < 1.29 is 22.6 Å². The highest BCUT2D eigenvalue weighted by atomic mass is 19.1. The summed E-state index contributed by atoms with van der Waals surface area (Å²) in [5.41, 5.74) is 0. The molecular formula is C16H9F3N2O2. The lowest BCUT2D eigenvalue weighted by atomic mass is 10.3. The van der Waals surface area contributed by atoms with Crippen LogP contribution >= 0.6 is 0 Å². The first-order valence-electron chi connectivity index (χ1n) is 6.48. The van der Waals surface area contributed by atoms with Gasteiger partial charge in [-0.1, -0.05) is 6.07 Å². The molecule has 0 unspecified atom stereocenters. The van der Waals surface area contributed by atoms with Gasteiger partial charge in [0.25, 0.3) is 0 Å². The van der Waals surface area contributed by atoms with Crippen LogP contribution in [0.2, 0.25) is 0 Å². The molecule has 116 valence electrons. The molecular weight excluding hydrogens is 309 g/mol. The van der Waals surface area contributed by atoms with Gasteiger partial charge in [0.05, 0.1) is 12.4 Å². The number of aromatic nitrogens is 2. The topological polar surface area (TPSA) is 44.2 Å². The minimum absolute atomic E-state index is 0.0449. The zero-order valence-corrected chi connectivity index (χ0v) is 11.5. The van der Waals surface area contributed by atoms with E-state index in [9.17, 15) is 13.2 Å². The Labute approximate surface area is 129 Å². The van der Waals surface area contributed by atoms with Crippen molar-refractivity contribution in [2.45, 2.75) is 0 Å². The van der Waals surface area contributed by atoms with Crippen LogP contribution in [0.5, 0.6) is 23.3 Å². The average Bonchev–Trinajstić information content (AvgIpc) is 2.53. The van der Waals surface area contributed by atoms with Gasteiger partial charge in [-0.15, -0.1) is 0 Å². The third-order valence-electron chi connectivity index (χ3n) is 2.73. The van der Waals surface area contributed by atoms with Crippen molar-refractivity contribution in [2.24, 2.45) is 0 Å². The molecule has 0 N–H and O–H groups in total. The van der Waals surface area contributed by atoms with E-state index in [1.54, 1.807) is 18.2 Å². The number of benzene rings is 2. The number of rotatable bonds is 4. The lowest BCUT2D eigenvalue weighted by Crippen LogP contribution is -1.93. The Balaban J connectivity index is 1.78. The largest absolute Gasteiger partial charge is 0.454 e. The third-order valence-corrected chi connectivity index (χ3v) is 2.73. The average molecular weight is 318 g/mol. The fourth-order valence-corrected chi connectivity index (χ4v) is 1.74. The van der Waals surface area contributed by atoms with E-state index in [1.165, 1.54) is 12.1 Å². The standard InChI is InChI=1S/C16H9F3N2O2/c17-10-4-5-15(14(19)6-10)22-12-2-1-3-13(7-12)23-16-20-8-11(18)9-21-16/h1-9H. The van der Waals surface area contributed by atoms with Crippen LogP contribution in [0.15, 0.2) is 54.9 Å². The van der Waals surface area contributed by atoms with Gasteiger partial charge in [-0.3, -0.25) is 0 Å². The second-order valence-corrected chi connectivity index (χ2v) is 4.44. The fraction of sp³-hybridized carbons (Fsp3) is 0. The molecule has 0 aliphatic heterocycles. The molecule has 0 fully saturated rings. The number of hydrogen-bond donors (Lipinski definition) is 0. The van der Waals surface area contributed by atoms with E-state index in [1.807, 2.05) is 0 Å². The molecule has 0 amide bonds. The van der Waals surface area contributed by atoms with Crippen LogP contribution in [0.3, 0.4) is 0 Å². The van der Waals surface area contributed by atoms with Crippen molar-refractivity contribution in [3.63, 3.8) is 0 Å². The van der Waals surface area contributed by atoms with Crippen molar-refractivity contribution >= 4 is 0 Å². The summed E-state index contributed by atoms with van der Waals surface area (Å²) in [7, 11) is 0. The Morgan fingerprint density at radius 1 is 0.739 bits per heavy atom. The Kier molecular flexibility index (Phi) is 4.09. The maximum atomic E-state index is 13.6. The van der Waals surface area contributed by atoms with Crippen LogP contribution in [0.25, 0.3) is 0 Å². The molecule has 23 heavy (non-hydrogen) atoms.